The summed E-state index contributed by atoms with van der Waals surface area (Å²) in [5, 5.41) is 3.28. The highest BCUT2D eigenvalue weighted by atomic mass is 19.1. The number of anilines is 1. The van der Waals surface area contributed by atoms with E-state index in [1.54, 1.807) is 6.08 Å². The summed E-state index contributed by atoms with van der Waals surface area (Å²) in [6.07, 6.45) is 8.58. The minimum absolute atomic E-state index is 0.0335. The molecule has 0 radical (unpaired) electrons. The lowest BCUT2D eigenvalue weighted by atomic mass is 9.94. The number of allylic oxidation sites excluding steroid dienone is 5. The molecule has 1 aromatic carbocycles. The quantitative estimate of drug-likeness (QED) is 0.790. The van der Waals surface area contributed by atoms with Gasteiger partial charge in [0.2, 0.25) is 0 Å². The first-order chi connectivity index (χ1) is 8.70. The van der Waals surface area contributed by atoms with Crippen molar-refractivity contribution in [2.75, 3.05) is 5.32 Å². The van der Waals surface area contributed by atoms with Crippen molar-refractivity contribution < 1.29 is 4.39 Å². The van der Waals surface area contributed by atoms with Crippen LogP contribution in [0.1, 0.15) is 30.9 Å². The van der Waals surface area contributed by atoms with Gasteiger partial charge >= 0.3 is 0 Å². The number of aryl methyl sites for hydroxylation is 1. The second-order valence-corrected chi connectivity index (χ2v) is 4.50. The largest absolute Gasteiger partial charge is 0.362 e. The SMILES string of the molecule is C/C=C\Nc1cc(C)ccc1C1=CC=C(F)CC1. The maximum absolute atomic E-state index is 13.0. The van der Waals surface area contributed by atoms with Crippen molar-refractivity contribution in [1.29, 1.82) is 0 Å². The Hall–Kier alpha value is -1.83. The summed E-state index contributed by atoms with van der Waals surface area (Å²) < 4.78 is 13.0. The first-order valence-electron chi connectivity index (χ1n) is 6.24. The lowest BCUT2D eigenvalue weighted by Gasteiger charge is -2.15. The van der Waals surface area contributed by atoms with Gasteiger partial charge in [0.15, 0.2) is 0 Å². The van der Waals surface area contributed by atoms with Crippen LogP contribution in [0.2, 0.25) is 0 Å². The van der Waals surface area contributed by atoms with E-state index in [1.165, 1.54) is 11.1 Å². The van der Waals surface area contributed by atoms with Crippen LogP contribution in [-0.4, -0.2) is 0 Å². The molecule has 1 aromatic rings. The third-order valence-corrected chi connectivity index (χ3v) is 3.03. The zero-order valence-electron chi connectivity index (χ0n) is 10.8. The maximum atomic E-state index is 13.0. The van der Waals surface area contributed by atoms with E-state index in [0.29, 0.717) is 6.42 Å². The molecule has 0 saturated heterocycles. The summed E-state index contributed by atoms with van der Waals surface area (Å²) in [6, 6.07) is 6.31. The first kappa shape index (κ1) is 12.6. The lowest BCUT2D eigenvalue weighted by molar-refractivity contribution is 0.590. The molecule has 0 saturated carbocycles. The standard InChI is InChI=1S/C16H18FN/c1-3-10-18-16-11-12(2)4-9-15(16)13-5-7-14(17)8-6-13/h3-5,7,9-11,18H,6,8H2,1-2H3/b10-3-. The topological polar surface area (TPSA) is 12.0 Å². The van der Waals surface area contributed by atoms with Gasteiger partial charge in [0.05, 0.1) is 0 Å². The molecule has 0 bridgehead atoms. The van der Waals surface area contributed by atoms with Gasteiger partial charge in [0, 0.05) is 17.7 Å². The first-order valence-corrected chi connectivity index (χ1v) is 6.24. The molecule has 0 heterocycles. The highest BCUT2D eigenvalue weighted by Gasteiger charge is 2.11. The van der Waals surface area contributed by atoms with Crippen LogP contribution in [0, 0.1) is 6.92 Å². The Kier molecular flexibility index (Phi) is 3.98. The number of nitrogens with one attached hydrogen (secondary N) is 1. The van der Waals surface area contributed by atoms with E-state index >= 15 is 0 Å². The van der Waals surface area contributed by atoms with E-state index < -0.39 is 0 Å². The molecule has 1 nitrogen and oxygen atoms in total. The van der Waals surface area contributed by atoms with Crippen molar-refractivity contribution in [3.8, 4) is 0 Å². The van der Waals surface area contributed by atoms with Crippen molar-refractivity contribution in [2.45, 2.75) is 26.7 Å². The molecule has 0 aliphatic heterocycles. The van der Waals surface area contributed by atoms with Crippen molar-refractivity contribution in [3.63, 3.8) is 0 Å². The summed E-state index contributed by atoms with van der Waals surface area (Å²) in [6.45, 7) is 4.04. The molecule has 1 aliphatic carbocycles. The molecule has 0 fully saturated rings. The van der Waals surface area contributed by atoms with Gasteiger partial charge in [-0.3, -0.25) is 0 Å². The second-order valence-electron chi connectivity index (χ2n) is 4.50. The number of benzene rings is 1. The van der Waals surface area contributed by atoms with Gasteiger partial charge in [-0.2, -0.15) is 0 Å². The van der Waals surface area contributed by atoms with Crippen LogP contribution in [0.3, 0.4) is 0 Å². The fraction of sp³-hybridized carbons (Fsp3) is 0.250. The Morgan fingerprint density at radius 3 is 2.72 bits per heavy atom. The Morgan fingerprint density at radius 2 is 2.06 bits per heavy atom. The van der Waals surface area contributed by atoms with Crippen LogP contribution in [0.5, 0.6) is 0 Å². The van der Waals surface area contributed by atoms with Crippen LogP contribution in [0.4, 0.5) is 10.1 Å². The summed E-state index contributed by atoms with van der Waals surface area (Å²) in [5.74, 6) is -0.0335. The van der Waals surface area contributed by atoms with Crippen LogP contribution in [0.25, 0.3) is 5.57 Å². The van der Waals surface area contributed by atoms with E-state index in [9.17, 15) is 4.39 Å². The summed E-state index contributed by atoms with van der Waals surface area (Å²) in [7, 11) is 0. The van der Waals surface area contributed by atoms with Gasteiger partial charge in [0.25, 0.3) is 0 Å². The van der Waals surface area contributed by atoms with Crippen LogP contribution in [-0.2, 0) is 0 Å². The Bertz CT molecular complexity index is 524. The van der Waals surface area contributed by atoms with Crippen LogP contribution in [0.15, 0.2) is 48.5 Å². The van der Waals surface area contributed by atoms with Crippen molar-refractivity contribution in [2.24, 2.45) is 0 Å². The molecule has 94 valence electrons. The van der Waals surface area contributed by atoms with Gasteiger partial charge in [-0.05, 0) is 49.7 Å². The van der Waals surface area contributed by atoms with E-state index in [0.717, 1.165) is 17.7 Å². The molecule has 0 unspecified atom stereocenters. The molecular formula is C16H18FN. The fourth-order valence-corrected chi connectivity index (χ4v) is 2.07. The average molecular weight is 243 g/mol. The predicted octanol–water partition coefficient (Wildman–Crippen LogP) is 4.97. The van der Waals surface area contributed by atoms with Crippen molar-refractivity contribution in [3.05, 3.63) is 59.6 Å². The summed E-state index contributed by atoms with van der Waals surface area (Å²) in [5.41, 5.74) is 4.63. The van der Waals surface area contributed by atoms with E-state index in [1.807, 2.05) is 25.3 Å². The highest BCUT2D eigenvalue weighted by molar-refractivity contribution is 5.79. The van der Waals surface area contributed by atoms with Gasteiger partial charge in [-0.25, -0.2) is 4.39 Å². The van der Waals surface area contributed by atoms with Crippen LogP contribution < -0.4 is 5.32 Å². The molecule has 0 aromatic heterocycles. The smallest absolute Gasteiger partial charge is 0.100 e. The lowest BCUT2D eigenvalue weighted by Crippen LogP contribution is -1.97. The van der Waals surface area contributed by atoms with Gasteiger partial charge < -0.3 is 5.32 Å². The normalized spacial score (nSPS) is 15.5. The fourth-order valence-electron chi connectivity index (χ4n) is 2.07. The molecule has 0 spiro atoms. The van der Waals surface area contributed by atoms with E-state index in [4.69, 9.17) is 0 Å². The van der Waals surface area contributed by atoms with Crippen LogP contribution >= 0.6 is 0 Å². The third-order valence-electron chi connectivity index (χ3n) is 3.03. The van der Waals surface area contributed by atoms with Gasteiger partial charge in [-0.15, -0.1) is 0 Å². The molecule has 2 rings (SSSR count). The van der Waals surface area contributed by atoms with E-state index in [2.05, 4.69) is 30.4 Å². The third kappa shape index (κ3) is 2.89. The van der Waals surface area contributed by atoms with Crippen molar-refractivity contribution >= 4 is 11.3 Å². The molecule has 2 heteroatoms. The minimum Gasteiger partial charge on any atom is -0.362 e. The minimum atomic E-state index is -0.0335. The molecule has 0 atom stereocenters. The van der Waals surface area contributed by atoms with Gasteiger partial charge in [0.1, 0.15) is 5.83 Å². The average Bonchev–Trinajstić information content (AvgIpc) is 2.38. The second kappa shape index (κ2) is 5.67. The predicted molar refractivity (Wildman–Crippen MR) is 76.0 cm³/mol. The number of rotatable bonds is 3. The Balaban J connectivity index is 2.37. The number of halogens is 1. The maximum Gasteiger partial charge on any atom is 0.100 e. The zero-order valence-corrected chi connectivity index (χ0v) is 10.8. The van der Waals surface area contributed by atoms with Gasteiger partial charge in [-0.1, -0.05) is 24.3 Å². The summed E-state index contributed by atoms with van der Waals surface area (Å²) >= 11 is 0. The Morgan fingerprint density at radius 1 is 1.22 bits per heavy atom. The molecule has 18 heavy (non-hydrogen) atoms. The Labute approximate surface area is 108 Å². The number of hydrogen-bond donors (Lipinski definition) is 1. The van der Waals surface area contributed by atoms with Crippen molar-refractivity contribution in [1.82, 2.24) is 0 Å². The highest BCUT2D eigenvalue weighted by Crippen LogP contribution is 2.32. The molecular weight excluding hydrogens is 225 g/mol. The zero-order chi connectivity index (χ0) is 13.0. The molecule has 0 amide bonds. The monoisotopic (exact) mass is 243 g/mol. The molecule has 1 N–H and O–H groups in total. The summed E-state index contributed by atoms with van der Waals surface area (Å²) in [4.78, 5) is 0. The van der Waals surface area contributed by atoms with E-state index in [-0.39, 0.29) is 5.83 Å². The molecule has 1 aliphatic rings. The number of hydrogen-bond acceptors (Lipinski definition) is 1.